The summed E-state index contributed by atoms with van der Waals surface area (Å²) >= 11 is 0. The monoisotopic (exact) mass is 393 g/mol. The predicted octanol–water partition coefficient (Wildman–Crippen LogP) is 2.75. The minimum Gasteiger partial charge on any atom is -0.450 e. The molecule has 1 aliphatic heterocycles. The van der Waals surface area contributed by atoms with Gasteiger partial charge in [0.05, 0.1) is 6.61 Å². The number of aryl methyl sites for hydroxylation is 1. The van der Waals surface area contributed by atoms with Crippen LogP contribution in [0.15, 0.2) is 36.7 Å². The lowest BCUT2D eigenvalue weighted by molar-refractivity contribution is 0.105. The zero-order valence-corrected chi connectivity index (χ0v) is 16.5. The van der Waals surface area contributed by atoms with Crippen molar-refractivity contribution in [2.45, 2.75) is 13.8 Å². The summed E-state index contributed by atoms with van der Waals surface area (Å²) in [6, 6.07) is 8.00. The van der Waals surface area contributed by atoms with Gasteiger partial charge in [0, 0.05) is 44.3 Å². The molecule has 0 unspecified atom stereocenters. The second-order valence-electron chi connectivity index (χ2n) is 6.71. The fourth-order valence-electron chi connectivity index (χ4n) is 3.23. The molecular weight excluding hydrogens is 370 g/mol. The maximum Gasteiger partial charge on any atom is 0.409 e. The number of benzene rings is 1. The fraction of sp³-hybridized carbons (Fsp3) is 0.350. The normalized spacial score (nSPS) is 14.1. The smallest absolute Gasteiger partial charge is 0.409 e. The Kier molecular flexibility index (Phi) is 5.37. The van der Waals surface area contributed by atoms with E-state index in [1.54, 1.807) is 24.2 Å². The van der Waals surface area contributed by atoms with E-state index >= 15 is 0 Å². The topological polar surface area (TPSA) is 96.4 Å². The summed E-state index contributed by atoms with van der Waals surface area (Å²) in [6.07, 6.45) is 2.97. The molecule has 3 aromatic rings. The van der Waals surface area contributed by atoms with Crippen LogP contribution in [0.2, 0.25) is 0 Å². The molecule has 1 saturated heterocycles. The fourth-order valence-corrected chi connectivity index (χ4v) is 3.23. The Morgan fingerprint density at radius 3 is 2.62 bits per heavy atom. The number of fused-ring (bicyclic) bond motifs is 1. The van der Waals surface area contributed by atoms with E-state index in [9.17, 15) is 4.79 Å². The Morgan fingerprint density at radius 1 is 1.10 bits per heavy atom. The molecular formula is C20H23N7O2. The quantitative estimate of drug-likeness (QED) is 0.723. The van der Waals surface area contributed by atoms with Crippen molar-refractivity contribution in [2.24, 2.45) is 0 Å². The largest absolute Gasteiger partial charge is 0.450 e. The van der Waals surface area contributed by atoms with Gasteiger partial charge in [-0.2, -0.15) is 9.97 Å². The van der Waals surface area contributed by atoms with Crippen LogP contribution >= 0.6 is 0 Å². The molecule has 1 aliphatic rings. The van der Waals surface area contributed by atoms with Gasteiger partial charge in [-0.05, 0) is 25.5 Å². The van der Waals surface area contributed by atoms with Crippen molar-refractivity contribution in [2.75, 3.05) is 43.0 Å². The second kappa shape index (κ2) is 8.26. The highest BCUT2D eigenvalue weighted by atomic mass is 16.6. The van der Waals surface area contributed by atoms with Crippen molar-refractivity contribution in [1.29, 1.82) is 0 Å². The molecule has 0 radical (unpaired) electrons. The predicted molar refractivity (Wildman–Crippen MR) is 110 cm³/mol. The lowest BCUT2D eigenvalue weighted by Gasteiger charge is -2.34. The number of nitrogens with one attached hydrogen (secondary N) is 1. The molecule has 150 valence electrons. The van der Waals surface area contributed by atoms with Crippen molar-refractivity contribution >= 4 is 34.7 Å². The van der Waals surface area contributed by atoms with Crippen LogP contribution in [-0.4, -0.2) is 63.7 Å². The van der Waals surface area contributed by atoms with E-state index in [0.717, 1.165) is 11.3 Å². The lowest BCUT2D eigenvalue weighted by atomic mass is 10.2. The van der Waals surface area contributed by atoms with Crippen molar-refractivity contribution in [3.8, 4) is 0 Å². The number of ether oxygens (including phenoxy) is 1. The maximum atomic E-state index is 11.9. The summed E-state index contributed by atoms with van der Waals surface area (Å²) in [4.78, 5) is 33.8. The SMILES string of the molecule is CCOC(=O)N1CCN(c2nc(Nc3ccccc3C)c3nccnc3n2)CC1. The van der Waals surface area contributed by atoms with Crippen LogP contribution in [0.4, 0.5) is 22.2 Å². The minimum atomic E-state index is -0.278. The summed E-state index contributed by atoms with van der Waals surface area (Å²) in [6.45, 7) is 6.57. The van der Waals surface area contributed by atoms with Crippen molar-refractivity contribution in [1.82, 2.24) is 24.8 Å². The number of piperazine rings is 1. The zero-order valence-electron chi connectivity index (χ0n) is 16.5. The van der Waals surface area contributed by atoms with Gasteiger partial charge in [0.1, 0.15) is 0 Å². The van der Waals surface area contributed by atoms with Gasteiger partial charge in [-0.15, -0.1) is 0 Å². The highest BCUT2D eigenvalue weighted by molar-refractivity contribution is 5.86. The average molecular weight is 393 g/mol. The van der Waals surface area contributed by atoms with Crippen LogP contribution < -0.4 is 10.2 Å². The van der Waals surface area contributed by atoms with Crippen LogP contribution in [0.25, 0.3) is 11.2 Å². The highest BCUT2D eigenvalue weighted by Gasteiger charge is 2.24. The molecule has 4 rings (SSSR count). The standard InChI is InChI=1S/C20H23N7O2/c1-3-29-20(28)27-12-10-26(11-13-27)19-24-17-16(21-8-9-22-17)18(25-19)23-15-7-5-4-6-14(15)2/h4-9H,3,10-13H2,1-2H3,(H,22,23,24,25). The van der Waals surface area contributed by atoms with Gasteiger partial charge < -0.3 is 19.9 Å². The van der Waals surface area contributed by atoms with E-state index in [1.807, 2.05) is 36.1 Å². The number of para-hydroxylation sites is 1. The Hall–Kier alpha value is -3.49. The van der Waals surface area contributed by atoms with Crippen molar-refractivity contribution in [3.05, 3.63) is 42.2 Å². The number of amides is 1. The van der Waals surface area contributed by atoms with Gasteiger partial charge in [0.2, 0.25) is 5.95 Å². The molecule has 0 atom stereocenters. The minimum absolute atomic E-state index is 0.278. The number of hydrogen-bond acceptors (Lipinski definition) is 8. The van der Waals surface area contributed by atoms with E-state index < -0.39 is 0 Å². The molecule has 1 fully saturated rings. The molecule has 1 aromatic carbocycles. The van der Waals surface area contributed by atoms with E-state index in [-0.39, 0.29) is 6.09 Å². The van der Waals surface area contributed by atoms with E-state index in [1.165, 1.54) is 0 Å². The molecule has 0 spiro atoms. The first-order chi connectivity index (χ1) is 14.2. The summed E-state index contributed by atoms with van der Waals surface area (Å²) in [7, 11) is 0. The van der Waals surface area contributed by atoms with Crippen molar-refractivity contribution in [3.63, 3.8) is 0 Å². The lowest BCUT2D eigenvalue weighted by Crippen LogP contribution is -2.49. The Morgan fingerprint density at radius 2 is 1.86 bits per heavy atom. The molecule has 3 heterocycles. The Bertz CT molecular complexity index is 1020. The van der Waals surface area contributed by atoms with Gasteiger partial charge in [-0.25, -0.2) is 14.8 Å². The van der Waals surface area contributed by atoms with Gasteiger partial charge in [0.25, 0.3) is 0 Å². The number of rotatable bonds is 4. The van der Waals surface area contributed by atoms with Gasteiger partial charge in [-0.3, -0.25) is 0 Å². The number of carbonyl (C=O) groups excluding carboxylic acids is 1. The van der Waals surface area contributed by atoms with Gasteiger partial charge in [-0.1, -0.05) is 18.2 Å². The molecule has 29 heavy (non-hydrogen) atoms. The summed E-state index contributed by atoms with van der Waals surface area (Å²) in [5.41, 5.74) is 3.20. The molecule has 1 amide bonds. The average Bonchev–Trinajstić information content (AvgIpc) is 2.75. The maximum absolute atomic E-state index is 11.9. The molecule has 9 heteroatoms. The number of hydrogen-bond donors (Lipinski definition) is 1. The molecule has 0 bridgehead atoms. The summed E-state index contributed by atoms with van der Waals surface area (Å²) in [5.74, 6) is 1.18. The molecule has 0 aliphatic carbocycles. The van der Waals surface area contributed by atoms with Crippen LogP contribution in [-0.2, 0) is 4.74 Å². The molecule has 2 aromatic heterocycles. The van der Waals surface area contributed by atoms with Crippen LogP contribution in [0.3, 0.4) is 0 Å². The molecule has 9 nitrogen and oxygen atoms in total. The Labute approximate surface area is 168 Å². The number of anilines is 3. The third-order valence-corrected chi connectivity index (χ3v) is 4.81. The first-order valence-corrected chi connectivity index (χ1v) is 9.63. The first kappa shape index (κ1) is 18.9. The number of carbonyl (C=O) groups is 1. The first-order valence-electron chi connectivity index (χ1n) is 9.63. The van der Waals surface area contributed by atoms with Crippen molar-refractivity contribution < 1.29 is 9.53 Å². The third kappa shape index (κ3) is 4.03. The zero-order chi connectivity index (χ0) is 20.2. The number of aromatic nitrogens is 4. The van der Waals surface area contributed by atoms with Crippen LogP contribution in [0, 0.1) is 6.92 Å². The van der Waals surface area contributed by atoms with E-state index in [0.29, 0.717) is 55.7 Å². The van der Waals surface area contributed by atoms with E-state index in [4.69, 9.17) is 9.72 Å². The third-order valence-electron chi connectivity index (χ3n) is 4.81. The molecule has 1 N–H and O–H groups in total. The van der Waals surface area contributed by atoms with Crippen LogP contribution in [0.5, 0.6) is 0 Å². The highest BCUT2D eigenvalue weighted by Crippen LogP contribution is 2.26. The van der Waals surface area contributed by atoms with Crippen LogP contribution in [0.1, 0.15) is 12.5 Å². The summed E-state index contributed by atoms with van der Waals surface area (Å²) in [5, 5.41) is 3.37. The Balaban J connectivity index is 1.61. The second-order valence-corrected chi connectivity index (χ2v) is 6.71. The molecule has 0 saturated carbocycles. The summed E-state index contributed by atoms with van der Waals surface area (Å²) < 4.78 is 5.09. The van der Waals surface area contributed by atoms with Gasteiger partial charge >= 0.3 is 6.09 Å². The van der Waals surface area contributed by atoms with E-state index in [2.05, 4.69) is 20.3 Å². The number of nitrogens with zero attached hydrogens (tertiary/aromatic N) is 6. The van der Waals surface area contributed by atoms with Gasteiger partial charge in [0.15, 0.2) is 17.0 Å².